The van der Waals surface area contributed by atoms with Crippen molar-refractivity contribution in [3.63, 3.8) is 0 Å². The monoisotopic (exact) mass is 209 g/mol. The van der Waals surface area contributed by atoms with Crippen molar-refractivity contribution in [2.75, 3.05) is 0 Å². The molecule has 0 amide bonds. The molecule has 0 atom stereocenters. The second-order valence-electron chi connectivity index (χ2n) is 3.77. The van der Waals surface area contributed by atoms with Gasteiger partial charge < -0.3 is 0 Å². The van der Waals surface area contributed by atoms with Gasteiger partial charge in [0.05, 0.1) is 0 Å². The summed E-state index contributed by atoms with van der Waals surface area (Å²) in [6.45, 7) is 0. The van der Waals surface area contributed by atoms with E-state index in [-0.39, 0.29) is 5.78 Å². The fraction of sp³-hybridized carbons (Fsp3) is 0.455. The number of halogens is 1. The lowest BCUT2D eigenvalue weighted by atomic mass is 10.1. The van der Waals surface area contributed by atoms with Crippen molar-refractivity contribution >= 4 is 17.4 Å². The van der Waals surface area contributed by atoms with Gasteiger partial charge in [0, 0.05) is 18.2 Å². The number of hydrogen-bond acceptors (Lipinski definition) is 2. The van der Waals surface area contributed by atoms with Crippen LogP contribution in [-0.2, 0) is 0 Å². The molecule has 0 unspecified atom stereocenters. The molecule has 0 N–H and O–H groups in total. The van der Waals surface area contributed by atoms with Gasteiger partial charge in [0.1, 0.15) is 5.15 Å². The maximum absolute atomic E-state index is 11.6. The topological polar surface area (TPSA) is 30.0 Å². The Morgan fingerprint density at radius 3 is 3.00 bits per heavy atom. The first-order chi connectivity index (χ1) is 6.75. The van der Waals surface area contributed by atoms with Crippen molar-refractivity contribution in [3.8, 4) is 0 Å². The highest BCUT2D eigenvalue weighted by Gasteiger charge is 2.22. The summed E-state index contributed by atoms with van der Waals surface area (Å²) in [4.78, 5) is 15.5. The maximum Gasteiger partial charge on any atom is 0.163 e. The smallest absolute Gasteiger partial charge is 0.163 e. The van der Waals surface area contributed by atoms with E-state index in [4.69, 9.17) is 11.6 Å². The molecule has 0 bridgehead atoms. The molecule has 74 valence electrons. The van der Waals surface area contributed by atoms with E-state index < -0.39 is 0 Å². The minimum absolute atomic E-state index is 0.182. The number of carbonyl (C=O) groups is 1. The fourth-order valence-electron chi connectivity index (χ4n) is 1.46. The third kappa shape index (κ3) is 2.55. The molecule has 0 aromatic carbocycles. The van der Waals surface area contributed by atoms with Crippen LogP contribution in [0.25, 0.3) is 0 Å². The van der Waals surface area contributed by atoms with Gasteiger partial charge in [-0.05, 0) is 24.5 Å². The zero-order chi connectivity index (χ0) is 9.97. The summed E-state index contributed by atoms with van der Waals surface area (Å²) in [6.07, 6.45) is 5.84. The van der Waals surface area contributed by atoms with Crippen LogP contribution < -0.4 is 0 Å². The van der Waals surface area contributed by atoms with E-state index in [0.29, 0.717) is 17.1 Å². The Morgan fingerprint density at radius 2 is 2.36 bits per heavy atom. The van der Waals surface area contributed by atoms with E-state index in [0.717, 1.165) is 12.3 Å². The molecule has 14 heavy (non-hydrogen) atoms. The molecule has 3 heteroatoms. The number of carbonyl (C=O) groups excluding carboxylic acids is 1. The normalized spacial score (nSPS) is 15.5. The van der Waals surface area contributed by atoms with E-state index in [2.05, 4.69) is 4.98 Å². The Hall–Kier alpha value is -0.890. The molecule has 0 saturated heterocycles. The van der Waals surface area contributed by atoms with E-state index in [1.165, 1.54) is 12.8 Å². The molecule has 1 aliphatic rings. The first kappa shape index (κ1) is 9.66. The average Bonchev–Trinajstić information content (AvgIpc) is 2.97. The van der Waals surface area contributed by atoms with Crippen molar-refractivity contribution in [2.45, 2.75) is 25.7 Å². The van der Waals surface area contributed by atoms with Gasteiger partial charge >= 0.3 is 0 Å². The number of nitrogens with zero attached hydrogens (tertiary/aromatic N) is 1. The van der Waals surface area contributed by atoms with Crippen molar-refractivity contribution in [1.82, 2.24) is 4.98 Å². The van der Waals surface area contributed by atoms with Gasteiger partial charge in [-0.3, -0.25) is 4.79 Å². The van der Waals surface area contributed by atoms with Crippen LogP contribution in [0.2, 0.25) is 5.15 Å². The molecule has 1 aromatic heterocycles. The second-order valence-corrected chi connectivity index (χ2v) is 4.16. The third-order valence-corrected chi connectivity index (χ3v) is 2.73. The SMILES string of the molecule is O=C(CCC1CC1)c1ccnc(Cl)c1. The van der Waals surface area contributed by atoms with Crippen LogP contribution in [0.1, 0.15) is 36.0 Å². The van der Waals surface area contributed by atoms with Gasteiger partial charge in [0.15, 0.2) is 5.78 Å². The summed E-state index contributed by atoms with van der Waals surface area (Å²) in [5.41, 5.74) is 0.686. The van der Waals surface area contributed by atoms with Gasteiger partial charge in [-0.2, -0.15) is 0 Å². The van der Waals surface area contributed by atoms with Crippen LogP contribution in [0.4, 0.5) is 0 Å². The quantitative estimate of drug-likeness (QED) is 0.564. The Bertz CT molecular complexity index is 347. The molecule has 1 aliphatic carbocycles. The molecule has 1 aromatic rings. The van der Waals surface area contributed by atoms with Crippen molar-refractivity contribution < 1.29 is 4.79 Å². The zero-order valence-electron chi connectivity index (χ0n) is 7.87. The predicted molar refractivity (Wildman–Crippen MR) is 55.5 cm³/mol. The maximum atomic E-state index is 11.6. The van der Waals surface area contributed by atoms with Crippen LogP contribution in [0.15, 0.2) is 18.3 Å². The minimum atomic E-state index is 0.182. The number of pyridine rings is 1. The van der Waals surface area contributed by atoms with Crippen molar-refractivity contribution in [2.24, 2.45) is 5.92 Å². The van der Waals surface area contributed by atoms with Gasteiger partial charge in [-0.1, -0.05) is 24.4 Å². The second kappa shape index (κ2) is 4.09. The standard InChI is InChI=1S/C11H12ClNO/c12-11-7-9(5-6-13-11)10(14)4-3-8-1-2-8/h5-8H,1-4H2. The largest absolute Gasteiger partial charge is 0.294 e. The Kier molecular flexibility index (Phi) is 2.82. The summed E-state index contributed by atoms with van der Waals surface area (Å²) >= 11 is 5.70. The highest BCUT2D eigenvalue weighted by molar-refractivity contribution is 6.29. The van der Waals surface area contributed by atoms with Crippen molar-refractivity contribution in [3.05, 3.63) is 29.0 Å². The number of rotatable bonds is 4. The lowest BCUT2D eigenvalue weighted by Gasteiger charge is -1.99. The summed E-state index contributed by atoms with van der Waals surface area (Å²) < 4.78 is 0. The molecule has 1 heterocycles. The van der Waals surface area contributed by atoms with Crippen LogP contribution in [0, 0.1) is 5.92 Å². The lowest BCUT2D eigenvalue weighted by molar-refractivity contribution is 0.0978. The average molecular weight is 210 g/mol. The molecule has 0 radical (unpaired) electrons. The van der Waals surface area contributed by atoms with Crippen LogP contribution in [0.3, 0.4) is 0 Å². The highest BCUT2D eigenvalue weighted by Crippen LogP contribution is 2.33. The van der Waals surface area contributed by atoms with E-state index in [1.807, 2.05) is 0 Å². The van der Waals surface area contributed by atoms with Gasteiger partial charge in [-0.25, -0.2) is 4.98 Å². The number of Topliss-reactive ketones (excluding diaryl/α,β-unsaturated/α-hetero) is 1. The molecule has 1 saturated carbocycles. The molecule has 0 aliphatic heterocycles. The minimum Gasteiger partial charge on any atom is -0.294 e. The van der Waals surface area contributed by atoms with Gasteiger partial charge in [0.2, 0.25) is 0 Å². The highest BCUT2D eigenvalue weighted by atomic mass is 35.5. The molecular formula is C11H12ClNO. The van der Waals surface area contributed by atoms with E-state index in [1.54, 1.807) is 18.3 Å². The summed E-state index contributed by atoms with van der Waals surface area (Å²) in [6, 6.07) is 3.36. The van der Waals surface area contributed by atoms with Crippen LogP contribution in [0.5, 0.6) is 0 Å². The molecule has 2 nitrogen and oxygen atoms in total. The number of hydrogen-bond donors (Lipinski definition) is 0. The Balaban J connectivity index is 1.95. The van der Waals surface area contributed by atoms with Gasteiger partial charge in [0.25, 0.3) is 0 Å². The van der Waals surface area contributed by atoms with Crippen LogP contribution >= 0.6 is 11.6 Å². The van der Waals surface area contributed by atoms with E-state index >= 15 is 0 Å². The fourth-order valence-corrected chi connectivity index (χ4v) is 1.64. The summed E-state index contributed by atoms with van der Waals surface area (Å²) in [7, 11) is 0. The van der Waals surface area contributed by atoms with E-state index in [9.17, 15) is 4.79 Å². The first-order valence-corrected chi connectivity index (χ1v) is 5.28. The predicted octanol–water partition coefficient (Wildman–Crippen LogP) is 3.11. The lowest BCUT2D eigenvalue weighted by Crippen LogP contribution is -1.99. The zero-order valence-corrected chi connectivity index (χ0v) is 8.63. The molecule has 1 fully saturated rings. The first-order valence-electron chi connectivity index (χ1n) is 4.90. The third-order valence-electron chi connectivity index (χ3n) is 2.53. The Labute approximate surface area is 88.3 Å². The van der Waals surface area contributed by atoms with Gasteiger partial charge in [-0.15, -0.1) is 0 Å². The Morgan fingerprint density at radius 1 is 1.57 bits per heavy atom. The van der Waals surface area contributed by atoms with Crippen LogP contribution in [-0.4, -0.2) is 10.8 Å². The number of ketones is 1. The molecule has 2 rings (SSSR count). The van der Waals surface area contributed by atoms with Crippen molar-refractivity contribution in [1.29, 1.82) is 0 Å². The molecule has 0 spiro atoms. The number of aromatic nitrogens is 1. The summed E-state index contributed by atoms with van der Waals surface area (Å²) in [5, 5.41) is 0.391. The summed E-state index contributed by atoms with van der Waals surface area (Å²) in [5.74, 6) is 0.984. The molecular weight excluding hydrogens is 198 g/mol.